The molecule has 2 rings (SSSR count). The van der Waals surface area contributed by atoms with Crippen LogP contribution in [0, 0.1) is 0 Å². The van der Waals surface area contributed by atoms with Crippen molar-refractivity contribution >= 4 is 27.4 Å². The maximum Gasteiger partial charge on any atom is 0.146 e. The molecule has 0 aliphatic rings. The second-order valence-corrected chi connectivity index (χ2v) is 5.78. The van der Waals surface area contributed by atoms with Crippen molar-refractivity contribution in [2.24, 2.45) is 0 Å². The van der Waals surface area contributed by atoms with Crippen LogP contribution in [-0.2, 0) is 11.3 Å². The third kappa shape index (κ3) is 3.45. The van der Waals surface area contributed by atoms with Crippen molar-refractivity contribution in [3.63, 3.8) is 0 Å². The molecular weight excluding hydrogens is 272 g/mol. The third-order valence-electron chi connectivity index (χ3n) is 3.54. The van der Waals surface area contributed by atoms with Gasteiger partial charge in [-0.25, -0.2) is 9.97 Å². The molecule has 0 aliphatic carbocycles. The fraction of sp³-hybridized carbons (Fsp3) is 0.571. The fourth-order valence-electron chi connectivity index (χ4n) is 2.10. The highest BCUT2D eigenvalue weighted by Crippen LogP contribution is 2.23. The molecule has 2 aromatic heterocycles. The van der Waals surface area contributed by atoms with Crippen LogP contribution >= 0.6 is 11.3 Å². The average molecular weight is 294 g/mol. The number of fused-ring (bicyclic) bond motifs is 1. The first-order chi connectivity index (χ1) is 9.65. The molecule has 110 valence electrons. The van der Waals surface area contributed by atoms with Crippen LogP contribution in [0.3, 0.4) is 0 Å². The molecule has 2 heterocycles. The van der Waals surface area contributed by atoms with Crippen molar-refractivity contribution < 1.29 is 4.74 Å². The minimum atomic E-state index is 0.467. The van der Waals surface area contributed by atoms with E-state index in [0.29, 0.717) is 25.0 Å². The molecule has 6 heteroatoms. The summed E-state index contributed by atoms with van der Waals surface area (Å²) in [5.41, 5.74) is 6.00. The summed E-state index contributed by atoms with van der Waals surface area (Å²) >= 11 is 1.60. The Morgan fingerprint density at radius 1 is 1.45 bits per heavy atom. The zero-order valence-electron chi connectivity index (χ0n) is 12.3. The predicted molar refractivity (Wildman–Crippen MR) is 83.9 cm³/mol. The van der Waals surface area contributed by atoms with Crippen LogP contribution in [0.25, 0.3) is 10.2 Å². The van der Waals surface area contributed by atoms with Gasteiger partial charge < -0.3 is 10.5 Å². The number of nitrogens with two attached hydrogens (primary N) is 1. The van der Waals surface area contributed by atoms with E-state index in [1.807, 2.05) is 11.4 Å². The first kappa shape index (κ1) is 15.2. The summed E-state index contributed by atoms with van der Waals surface area (Å²) in [4.78, 5) is 12.3. The SMILES string of the molecule is CCC(C)N(CCOC)Cc1nc(N)c2ccsc2n1. The highest BCUT2D eigenvalue weighted by molar-refractivity contribution is 7.16. The van der Waals surface area contributed by atoms with E-state index in [4.69, 9.17) is 10.5 Å². The highest BCUT2D eigenvalue weighted by Gasteiger charge is 2.15. The van der Waals surface area contributed by atoms with E-state index >= 15 is 0 Å². The van der Waals surface area contributed by atoms with E-state index in [2.05, 4.69) is 28.7 Å². The lowest BCUT2D eigenvalue weighted by molar-refractivity contribution is 0.116. The standard InChI is InChI=1S/C14H22N4OS/c1-4-10(2)18(6-7-19-3)9-12-16-13(15)11-5-8-20-14(11)17-12/h5,8,10H,4,6-7,9H2,1-3H3,(H2,15,16,17). The first-order valence-electron chi connectivity index (χ1n) is 6.88. The molecule has 0 bridgehead atoms. The van der Waals surface area contributed by atoms with Crippen molar-refractivity contribution in [1.82, 2.24) is 14.9 Å². The maximum atomic E-state index is 6.00. The van der Waals surface area contributed by atoms with Gasteiger partial charge >= 0.3 is 0 Å². The van der Waals surface area contributed by atoms with Gasteiger partial charge in [-0.3, -0.25) is 4.90 Å². The van der Waals surface area contributed by atoms with Crippen molar-refractivity contribution in [2.75, 3.05) is 26.0 Å². The van der Waals surface area contributed by atoms with Crippen LogP contribution in [0.1, 0.15) is 26.1 Å². The molecule has 20 heavy (non-hydrogen) atoms. The summed E-state index contributed by atoms with van der Waals surface area (Å²) in [6, 6.07) is 2.44. The molecule has 0 amide bonds. The monoisotopic (exact) mass is 294 g/mol. The molecule has 0 radical (unpaired) electrons. The Morgan fingerprint density at radius 2 is 2.25 bits per heavy atom. The van der Waals surface area contributed by atoms with Gasteiger partial charge in [-0.05, 0) is 24.8 Å². The molecule has 0 saturated carbocycles. The number of thiophene rings is 1. The molecule has 0 fully saturated rings. The Hall–Kier alpha value is -1.24. The Morgan fingerprint density at radius 3 is 2.95 bits per heavy atom. The smallest absolute Gasteiger partial charge is 0.146 e. The van der Waals surface area contributed by atoms with Crippen molar-refractivity contribution in [1.29, 1.82) is 0 Å². The summed E-state index contributed by atoms with van der Waals surface area (Å²) in [5, 5.41) is 2.95. The molecule has 0 spiro atoms. The van der Waals surface area contributed by atoms with Crippen molar-refractivity contribution in [3.05, 3.63) is 17.3 Å². The molecule has 1 atom stereocenters. The lowest BCUT2D eigenvalue weighted by Gasteiger charge is -2.27. The zero-order valence-corrected chi connectivity index (χ0v) is 13.1. The number of anilines is 1. The quantitative estimate of drug-likeness (QED) is 0.850. The van der Waals surface area contributed by atoms with Gasteiger partial charge in [0.15, 0.2) is 0 Å². The summed E-state index contributed by atoms with van der Waals surface area (Å²) in [5.74, 6) is 1.36. The lowest BCUT2D eigenvalue weighted by atomic mass is 10.2. The van der Waals surface area contributed by atoms with E-state index in [1.54, 1.807) is 18.4 Å². The van der Waals surface area contributed by atoms with Gasteiger partial charge in [0.25, 0.3) is 0 Å². The van der Waals surface area contributed by atoms with Crippen LogP contribution in [0.4, 0.5) is 5.82 Å². The Kier molecular flexibility index (Phi) is 5.28. The average Bonchev–Trinajstić information content (AvgIpc) is 2.91. The molecule has 0 aliphatic heterocycles. The van der Waals surface area contributed by atoms with Gasteiger partial charge in [-0.2, -0.15) is 0 Å². The summed E-state index contributed by atoms with van der Waals surface area (Å²) < 4.78 is 5.18. The minimum Gasteiger partial charge on any atom is -0.383 e. The second-order valence-electron chi connectivity index (χ2n) is 4.89. The summed E-state index contributed by atoms with van der Waals surface area (Å²) in [6.07, 6.45) is 1.08. The van der Waals surface area contributed by atoms with Crippen molar-refractivity contribution in [3.8, 4) is 0 Å². The largest absolute Gasteiger partial charge is 0.383 e. The molecule has 0 saturated heterocycles. The van der Waals surface area contributed by atoms with E-state index in [-0.39, 0.29) is 0 Å². The van der Waals surface area contributed by atoms with Crippen molar-refractivity contribution in [2.45, 2.75) is 32.9 Å². The van der Waals surface area contributed by atoms with Gasteiger partial charge in [-0.15, -0.1) is 11.3 Å². The Balaban J connectivity index is 2.18. The van der Waals surface area contributed by atoms with Gasteiger partial charge in [-0.1, -0.05) is 6.92 Å². The van der Waals surface area contributed by atoms with E-state index in [9.17, 15) is 0 Å². The number of ether oxygens (including phenoxy) is 1. The van der Waals surface area contributed by atoms with Gasteiger partial charge in [0.05, 0.1) is 18.5 Å². The lowest BCUT2D eigenvalue weighted by Crippen LogP contribution is -2.35. The molecule has 2 N–H and O–H groups in total. The number of aromatic nitrogens is 2. The maximum absolute atomic E-state index is 6.00. The number of hydrogen-bond acceptors (Lipinski definition) is 6. The Bertz CT molecular complexity index is 557. The summed E-state index contributed by atoms with van der Waals surface area (Å²) in [7, 11) is 1.72. The second kappa shape index (κ2) is 6.97. The van der Waals surface area contributed by atoms with E-state index in [1.165, 1.54) is 0 Å². The molecule has 1 unspecified atom stereocenters. The highest BCUT2D eigenvalue weighted by atomic mass is 32.1. The normalized spacial score (nSPS) is 13.2. The van der Waals surface area contributed by atoms with E-state index < -0.39 is 0 Å². The van der Waals surface area contributed by atoms with Crippen LogP contribution < -0.4 is 5.73 Å². The zero-order chi connectivity index (χ0) is 14.5. The first-order valence-corrected chi connectivity index (χ1v) is 7.76. The molecular formula is C14H22N4OS. The van der Waals surface area contributed by atoms with Crippen LogP contribution in [0.5, 0.6) is 0 Å². The number of methoxy groups -OCH3 is 1. The third-order valence-corrected chi connectivity index (χ3v) is 4.35. The minimum absolute atomic E-state index is 0.467. The van der Waals surface area contributed by atoms with Gasteiger partial charge in [0.2, 0.25) is 0 Å². The Labute approximate surface area is 123 Å². The number of hydrogen-bond donors (Lipinski definition) is 1. The topological polar surface area (TPSA) is 64.3 Å². The fourth-order valence-corrected chi connectivity index (χ4v) is 2.89. The van der Waals surface area contributed by atoms with Crippen LogP contribution in [0.15, 0.2) is 11.4 Å². The van der Waals surface area contributed by atoms with Crippen LogP contribution in [0.2, 0.25) is 0 Å². The number of rotatable bonds is 7. The van der Waals surface area contributed by atoms with Gasteiger partial charge in [0, 0.05) is 19.7 Å². The van der Waals surface area contributed by atoms with E-state index in [0.717, 1.165) is 29.0 Å². The number of nitrogens with zero attached hydrogens (tertiary/aromatic N) is 3. The van der Waals surface area contributed by atoms with Gasteiger partial charge in [0.1, 0.15) is 16.5 Å². The molecule has 0 aromatic carbocycles. The summed E-state index contributed by atoms with van der Waals surface area (Å²) in [6.45, 7) is 6.68. The molecule has 5 nitrogen and oxygen atoms in total. The predicted octanol–water partition coefficient (Wildman–Crippen LogP) is 2.52. The van der Waals surface area contributed by atoms with Crippen LogP contribution in [-0.4, -0.2) is 41.2 Å². The molecule has 2 aromatic rings. The number of nitrogen functional groups attached to an aromatic ring is 1.